The molecule has 3 aromatic rings. The second-order valence-corrected chi connectivity index (χ2v) is 13.9. The molecule has 2 aromatic carbocycles. The molecule has 13 nitrogen and oxygen atoms in total. The molecule has 0 spiro atoms. The van der Waals surface area contributed by atoms with Crippen LogP contribution in [-0.2, 0) is 25.6 Å². The fraction of sp³-hybridized carbons (Fsp3) is 0.447. The van der Waals surface area contributed by atoms with E-state index in [0.717, 1.165) is 24.0 Å². The zero-order chi connectivity index (χ0) is 36.2. The Morgan fingerprint density at radius 2 is 1.71 bits per heavy atom. The van der Waals surface area contributed by atoms with Crippen LogP contribution < -0.4 is 20.7 Å². The minimum Gasteiger partial charge on any atom is -0.484 e. The van der Waals surface area contributed by atoms with Crippen molar-refractivity contribution in [3.05, 3.63) is 88.9 Å². The molecule has 2 fully saturated rings. The van der Waals surface area contributed by atoms with Gasteiger partial charge in [-0.05, 0) is 68.9 Å². The standard InChI is InChI=1S/C38H45N5O8/c1-22-14-29(24(3)51-22)37(48)43-18-30-27-10-7-11-28(16-27)50-21-34(46)41-35(23(2)44)38(49)42(17-26-12-13-26)20-33(45)39-31(36(47)40-32(30)19-43)15-25-8-5-4-6-9-25/h4-11,14,16,23,26,30-32,35,44H,12-13,15,17-21H2,1-3H3,(H,39,45)(H,40,47)(H,41,46)/t23-,30-,31+,32+,35+/m1/s1. The molecule has 5 atom stereocenters. The first-order chi connectivity index (χ1) is 24.4. The molecule has 1 saturated heterocycles. The maximum absolute atomic E-state index is 14.2. The van der Waals surface area contributed by atoms with E-state index < -0.39 is 54.5 Å². The third-order valence-corrected chi connectivity index (χ3v) is 9.68. The zero-order valence-corrected chi connectivity index (χ0v) is 29.1. The smallest absolute Gasteiger partial charge is 0.258 e. The number of rotatable bonds is 6. The summed E-state index contributed by atoms with van der Waals surface area (Å²) < 4.78 is 11.5. The van der Waals surface area contributed by atoms with Crippen LogP contribution in [-0.4, -0.2) is 101 Å². The van der Waals surface area contributed by atoms with E-state index in [1.165, 1.54) is 11.8 Å². The maximum atomic E-state index is 14.2. The Balaban J connectivity index is 1.34. The van der Waals surface area contributed by atoms with Gasteiger partial charge in [0.05, 0.1) is 24.3 Å². The molecule has 1 aromatic heterocycles. The van der Waals surface area contributed by atoms with E-state index in [1.54, 1.807) is 43.0 Å². The number of fused-ring (bicyclic) bond motifs is 4. The molecule has 1 saturated carbocycles. The molecule has 0 unspecified atom stereocenters. The summed E-state index contributed by atoms with van der Waals surface area (Å²) in [5.41, 5.74) is 2.03. The number of aliphatic hydroxyl groups is 1. The molecule has 3 heterocycles. The summed E-state index contributed by atoms with van der Waals surface area (Å²) in [6.45, 7) is 4.86. The highest BCUT2D eigenvalue weighted by Gasteiger charge is 2.40. The molecule has 270 valence electrons. The number of hydrogen-bond acceptors (Lipinski definition) is 8. The molecule has 51 heavy (non-hydrogen) atoms. The Morgan fingerprint density at radius 1 is 0.941 bits per heavy atom. The van der Waals surface area contributed by atoms with E-state index in [2.05, 4.69) is 16.0 Å². The monoisotopic (exact) mass is 699 g/mol. The van der Waals surface area contributed by atoms with Crippen LogP contribution in [0.3, 0.4) is 0 Å². The number of aliphatic hydroxyl groups excluding tert-OH is 1. The van der Waals surface area contributed by atoms with Crippen LogP contribution in [0.4, 0.5) is 0 Å². The highest BCUT2D eigenvalue weighted by Crippen LogP contribution is 2.32. The first-order valence-electron chi connectivity index (χ1n) is 17.4. The highest BCUT2D eigenvalue weighted by molar-refractivity contribution is 5.96. The average Bonchev–Trinajstić information content (AvgIpc) is 3.72. The fourth-order valence-corrected chi connectivity index (χ4v) is 6.85. The summed E-state index contributed by atoms with van der Waals surface area (Å²) in [7, 11) is 0. The molecular weight excluding hydrogens is 654 g/mol. The van der Waals surface area contributed by atoms with E-state index >= 15 is 0 Å². The van der Waals surface area contributed by atoms with Gasteiger partial charge in [-0.15, -0.1) is 0 Å². The van der Waals surface area contributed by atoms with Gasteiger partial charge in [-0.25, -0.2) is 0 Å². The van der Waals surface area contributed by atoms with Crippen LogP contribution in [0.2, 0.25) is 0 Å². The van der Waals surface area contributed by atoms with E-state index in [0.29, 0.717) is 22.8 Å². The topological polar surface area (TPSA) is 171 Å². The quantitative estimate of drug-likeness (QED) is 0.302. The van der Waals surface area contributed by atoms with Crippen LogP contribution in [0.15, 0.2) is 65.1 Å². The van der Waals surface area contributed by atoms with Gasteiger partial charge < -0.3 is 40.0 Å². The highest BCUT2D eigenvalue weighted by atomic mass is 16.5. The average molecular weight is 700 g/mol. The number of likely N-dealkylation sites (tertiary alicyclic amines) is 1. The van der Waals surface area contributed by atoms with Crippen molar-refractivity contribution in [2.75, 3.05) is 32.8 Å². The predicted octanol–water partition coefficient (Wildman–Crippen LogP) is 1.84. The summed E-state index contributed by atoms with van der Waals surface area (Å²) in [4.78, 5) is 71.5. The lowest BCUT2D eigenvalue weighted by atomic mass is 9.93. The lowest BCUT2D eigenvalue weighted by Gasteiger charge is -2.30. The van der Waals surface area contributed by atoms with E-state index in [4.69, 9.17) is 9.15 Å². The number of ether oxygens (including phenoxy) is 1. The summed E-state index contributed by atoms with van der Waals surface area (Å²) in [6.07, 6.45) is 0.713. The zero-order valence-electron chi connectivity index (χ0n) is 29.1. The SMILES string of the molecule is Cc1cc(C(=O)N2C[C@@H]3NC(=O)[C@H](Cc4ccccc4)NC(=O)CN(CC4CC4)C(=O)[C@H]([C@@H](C)O)NC(=O)COc4cccc(c4)[C@H]3C2)c(C)o1. The number of aryl methyl sites for hydroxylation is 2. The van der Waals surface area contributed by atoms with Gasteiger partial charge in [-0.3, -0.25) is 24.0 Å². The van der Waals surface area contributed by atoms with Crippen LogP contribution >= 0.6 is 0 Å². The number of nitrogens with zero attached hydrogens (tertiary/aromatic N) is 2. The number of benzene rings is 2. The normalized spacial score (nSPS) is 24.0. The van der Waals surface area contributed by atoms with Crippen molar-refractivity contribution >= 4 is 29.5 Å². The van der Waals surface area contributed by atoms with Gasteiger partial charge in [0.1, 0.15) is 29.4 Å². The molecule has 13 heteroatoms. The molecule has 0 radical (unpaired) electrons. The van der Waals surface area contributed by atoms with E-state index in [1.807, 2.05) is 36.4 Å². The number of hydrogen-bond donors (Lipinski definition) is 4. The van der Waals surface area contributed by atoms with Gasteiger partial charge in [0, 0.05) is 32.0 Å². The summed E-state index contributed by atoms with van der Waals surface area (Å²) in [5, 5.41) is 19.1. The van der Waals surface area contributed by atoms with Gasteiger partial charge in [-0.2, -0.15) is 0 Å². The molecular formula is C38H45N5O8. The van der Waals surface area contributed by atoms with Gasteiger partial charge in [0.15, 0.2) is 6.61 Å². The lowest BCUT2D eigenvalue weighted by molar-refractivity contribution is -0.143. The second kappa shape index (κ2) is 15.4. The van der Waals surface area contributed by atoms with Gasteiger partial charge in [0.2, 0.25) is 17.7 Å². The van der Waals surface area contributed by atoms with E-state index in [9.17, 15) is 29.1 Å². The minimum atomic E-state index is -1.31. The van der Waals surface area contributed by atoms with Crippen molar-refractivity contribution in [1.29, 1.82) is 0 Å². The molecule has 2 bridgehead atoms. The van der Waals surface area contributed by atoms with Crippen molar-refractivity contribution in [1.82, 2.24) is 25.8 Å². The first kappa shape index (κ1) is 35.6. The number of furan rings is 1. The maximum Gasteiger partial charge on any atom is 0.258 e. The van der Waals surface area contributed by atoms with Crippen LogP contribution in [0.25, 0.3) is 0 Å². The van der Waals surface area contributed by atoms with Crippen molar-refractivity contribution < 1.29 is 38.2 Å². The van der Waals surface area contributed by atoms with Crippen LogP contribution in [0, 0.1) is 19.8 Å². The molecule has 4 N–H and O–H groups in total. The fourth-order valence-electron chi connectivity index (χ4n) is 6.85. The minimum absolute atomic E-state index is 0.179. The Bertz CT molecular complexity index is 1770. The third-order valence-electron chi connectivity index (χ3n) is 9.68. The molecule has 6 rings (SSSR count). The number of carbonyl (C=O) groups is 5. The summed E-state index contributed by atoms with van der Waals surface area (Å²) in [5.74, 6) is -1.10. The Hall–Kier alpha value is -5.17. The van der Waals surface area contributed by atoms with Gasteiger partial charge in [0.25, 0.3) is 11.8 Å². The molecule has 1 aliphatic carbocycles. The Labute approximate surface area is 296 Å². The predicted molar refractivity (Wildman–Crippen MR) is 186 cm³/mol. The number of carbonyl (C=O) groups excluding carboxylic acids is 5. The third kappa shape index (κ3) is 8.77. The molecule has 5 amide bonds. The number of amides is 5. The van der Waals surface area contributed by atoms with Crippen LogP contribution in [0.1, 0.15) is 58.7 Å². The van der Waals surface area contributed by atoms with Crippen LogP contribution in [0.5, 0.6) is 5.75 Å². The lowest BCUT2D eigenvalue weighted by Crippen LogP contribution is -2.58. The Morgan fingerprint density at radius 3 is 2.39 bits per heavy atom. The Kier molecular flexibility index (Phi) is 10.8. The van der Waals surface area contributed by atoms with Crippen molar-refractivity contribution in [3.8, 4) is 5.75 Å². The van der Waals surface area contributed by atoms with E-state index in [-0.39, 0.29) is 50.3 Å². The molecule has 3 aliphatic rings. The largest absolute Gasteiger partial charge is 0.484 e. The summed E-state index contributed by atoms with van der Waals surface area (Å²) >= 11 is 0. The van der Waals surface area contributed by atoms with Gasteiger partial charge in [-0.1, -0.05) is 42.5 Å². The molecule has 2 aliphatic heterocycles. The second-order valence-electron chi connectivity index (χ2n) is 13.9. The van der Waals surface area contributed by atoms with Crippen molar-refractivity contribution in [2.24, 2.45) is 5.92 Å². The van der Waals surface area contributed by atoms with Crippen molar-refractivity contribution in [3.63, 3.8) is 0 Å². The number of nitrogens with one attached hydrogen (secondary N) is 3. The van der Waals surface area contributed by atoms with Crippen molar-refractivity contribution in [2.45, 2.75) is 70.2 Å². The summed E-state index contributed by atoms with van der Waals surface area (Å²) in [6, 6.07) is 15.2. The first-order valence-corrected chi connectivity index (χ1v) is 17.4. The van der Waals surface area contributed by atoms with Gasteiger partial charge >= 0.3 is 0 Å².